The Balaban J connectivity index is 1.76. The highest BCUT2D eigenvalue weighted by atomic mass is 19.1. The molecule has 0 saturated heterocycles. The summed E-state index contributed by atoms with van der Waals surface area (Å²) < 4.78 is 16.8. The Morgan fingerprint density at radius 2 is 1.87 bits per heavy atom. The van der Waals surface area contributed by atoms with Crippen LogP contribution in [0.1, 0.15) is 21.7 Å². The fourth-order valence-electron chi connectivity index (χ4n) is 3.35. The van der Waals surface area contributed by atoms with Gasteiger partial charge in [-0.05, 0) is 55.5 Å². The first-order chi connectivity index (χ1) is 15.1. The van der Waals surface area contributed by atoms with E-state index in [4.69, 9.17) is 6.42 Å². The third kappa shape index (κ3) is 4.23. The topological polar surface area (TPSA) is 56.0 Å². The quantitative estimate of drug-likeness (QED) is 0.452. The normalized spacial score (nSPS) is 10.6. The lowest BCUT2D eigenvalue weighted by Crippen LogP contribution is -2.32. The van der Waals surface area contributed by atoms with E-state index in [1.807, 2.05) is 49.6 Å². The average molecular weight is 413 g/mol. The fourth-order valence-corrected chi connectivity index (χ4v) is 3.35. The summed E-state index contributed by atoms with van der Waals surface area (Å²) in [5.41, 5.74) is 2.62. The Hall–Kier alpha value is -4.18. The number of carbonyl (C=O) groups is 1. The predicted octanol–water partition coefficient (Wildman–Crippen LogP) is 3.78. The van der Waals surface area contributed by atoms with E-state index in [-0.39, 0.29) is 24.8 Å². The average Bonchev–Trinajstić information content (AvgIpc) is 3.43. The highest BCUT2D eigenvalue weighted by Gasteiger charge is 2.24. The van der Waals surface area contributed by atoms with Crippen molar-refractivity contribution in [1.82, 2.24) is 24.2 Å². The van der Waals surface area contributed by atoms with Crippen LogP contribution < -0.4 is 0 Å². The van der Waals surface area contributed by atoms with Gasteiger partial charge in [0.05, 0.1) is 30.7 Å². The molecule has 0 bridgehead atoms. The van der Waals surface area contributed by atoms with Crippen LogP contribution in [0.2, 0.25) is 0 Å². The van der Waals surface area contributed by atoms with Crippen molar-refractivity contribution in [3.05, 3.63) is 96.0 Å². The van der Waals surface area contributed by atoms with Gasteiger partial charge in [-0.1, -0.05) is 12.0 Å². The van der Waals surface area contributed by atoms with E-state index in [0.29, 0.717) is 17.1 Å². The van der Waals surface area contributed by atoms with Crippen molar-refractivity contribution in [2.45, 2.75) is 13.5 Å². The minimum atomic E-state index is -0.347. The van der Waals surface area contributed by atoms with Crippen molar-refractivity contribution in [3.8, 4) is 23.8 Å². The van der Waals surface area contributed by atoms with E-state index in [2.05, 4.69) is 16.0 Å². The van der Waals surface area contributed by atoms with E-state index < -0.39 is 0 Å². The molecule has 0 radical (unpaired) electrons. The summed E-state index contributed by atoms with van der Waals surface area (Å²) in [4.78, 5) is 19.6. The van der Waals surface area contributed by atoms with Crippen LogP contribution in [0.5, 0.6) is 0 Å². The van der Waals surface area contributed by atoms with E-state index in [1.54, 1.807) is 26.3 Å². The van der Waals surface area contributed by atoms with Gasteiger partial charge in [0.25, 0.3) is 5.91 Å². The predicted molar refractivity (Wildman–Crippen MR) is 115 cm³/mol. The number of rotatable bonds is 6. The van der Waals surface area contributed by atoms with Crippen molar-refractivity contribution in [1.29, 1.82) is 0 Å². The number of aryl methyl sites for hydroxylation is 1. The Morgan fingerprint density at radius 1 is 1.13 bits per heavy atom. The summed E-state index contributed by atoms with van der Waals surface area (Å²) in [5.74, 6) is 2.48. The van der Waals surface area contributed by atoms with Gasteiger partial charge in [-0.25, -0.2) is 9.07 Å². The second-order valence-electron chi connectivity index (χ2n) is 7.00. The third-order valence-electron chi connectivity index (χ3n) is 4.76. The number of pyridine rings is 1. The second kappa shape index (κ2) is 8.67. The maximum atomic E-state index is 13.5. The molecule has 0 spiro atoms. The van der Waals surface area contributed by atoms with Gasteiger partial charge in [0.15, 0.2) is 5.82 Å². The Morgan fingerprint density at radius 3 is 2.55 bits per heavy atom. The molecule has 0 atom stereocenters. The Kier molecular flexibility index (Phi) is 5.63. The van der Waals surface area contributed by atoms with E-state index in [9.17, 15) is 9.18 Å². The van der Waals surface area contributed by atoms with Crippen LogP contribution in [0.15, 0.2) is 73.2 Å². The highest BCUT2D eigenvalue weighted by Crippen LogP contribution is 2.22. The number of carbonyl (C=O) groups excluding carboxylic acids is 1. The molecule has 0 aliphatic heterocycles. The zero-order valence-corrected chi connectivity index (χ0v) is 16.9. The zero-order valence-electron chi connectivity index (χ0n) is 16.9. The number of halogens is 1. The van der Waals surface area contributed by atoms with Crippen molar-refractivity contribution in [2.75, 3.05) is 6.54 Å². The van der Waals surface area contributed by atoms with Gasteiger partial charge < -0.3 is 9.47 Å². The molecule has 7 heteroatoms. The van der Waals surface area contributed by atoms with Gasteiger partial charge in [0.1, 0.15) is 11.4 Å². The van der Waals surface area contributed by atoms with Crippen LogP contribution in [0.4, 0.5) is 4.39 Å². The largest absolute Gasteiger partial charge is 0.321 e. The molecule has 3 heterocycles. The molecule has 4 rings (SSSR count). The molecule has 0 N–H and O–H groups in total. The Bertz CT molecular complexity index is 1240. The summed E-state index contributed by atoms with van der Waals surface area (Å²) in [6.45, 7) is 2.30. The molecule has 154 valence electrons. The third-order valence-corrected chi connectivity index (χ3v) is 4.76. The standard InChI is InChI=1S/C24H20FN5O/c1-3-13-29(17-20-8-6-7-18(2)27-20)24(31)22-16-26-30(21-11-9-19(25)10-12-21)23(22)28-14-4-5-15-28/h1,4-12,14-16H,13,17H2,2H3. The molecule has 31 heavy (non-hydrogen) atoms. The maximum absolute atomic E-state index is 13.5. The van der Waals surface area contributed by atoms with Crippen LogP contribution in [0, 0.1) is 25.1 Å². The molecule has 0 aliphatic carbocycles. The number of hydrogen-bond acceptors (Lipinski definition) is 3. The molecule has 0 unspecified atom stereocenters. The lowest BCUT2D eigenvalue weighted by atomic mass is 10.2. The van der Waals surface area contributed by atoms with Gasteiger partial charge in [-0.15, -0.1) is 6.42 Å². The van der Waals surface area contributed by atoms with Crippen molar-refractivity contribution >= 4 is 5.91 Å². The van der Waals surface area contributed by atoms with Gasteiger partial charge in [0.2, 0.25) is 0 Å². The number of terminal acetylenes is 1. The Labute approximate surface area is 179 Å². The van der Waals surface area contributed by atoms with Crippen molar-refractivity contribution in [3.63, 3.8) is 0 Å². The number of aromatic nitrogens is 4. The molecule has 6 nitrogen and oxygen atoms in total. The molecule has 4 aromatic rings. The molecular formula is C24H20FN5O. The van der Waals surface area contributed by atoms with Crippen LogP contribution >= 0.6 is 0 Å². The molecule has 1 aromatic carbocycles. The first-order valence-electron chi connectivity index (χ1n) is 9.69. The van der Waals surface area contributed by atoms with Crippen molar-refractivity contribution in [2.24, 2.45) is 0 Å². The van der Waals surface area contributed by atoms with Crippen molar-refractivity contribution < 1.29 is 9.18 Å². The molecule has 0 fully saturated rings. The SMILES string of the molecule is C#CCN(Cc1cccc(C)n1)C(=O)c1cnn(-c2ccc(F)cc2)c1-n1cccc1. The summed E-state index contributed by atoms with van der Waals surface area (Å²) in [5, 5.41) is 4.42. The highest BCUT2D eigenvalue weighted by molar-refractivity contribution is 5.97. The second-order valence-corrected chi connectivity index (χ2v) is 7.00. The first-order valence-corrected chi connectivity index (χ1v) is 9.69. The molecule has 3 aromatic heterocycles. The van der Waals surface area contributed by atoms with E-state index >= 15 is 0 Å². The lowest BCUT2D eigenvalue weighted by molar-refractivity contribution is 0.0764. The minimum Gasteiger partial charge on any atom is -0.321 e. The van der Waals surface area contributed by atoms with E-state index in [0.717, 1.165) is 11.4 Å². The maximum Gasteiger partial charge on any atom is 0.260 e. The van der Waals surface area contributed by atoms with E-state index in [1.165, 1.54) is 18.3 Å². The molecular weight excluding hydrogens is 393 g/mol. The van der Waals surface area contributed by atoms with Gasteiger partial charge >= 0.3 is 0 Å². The monoisotopic (exact) mass is 413 g/mol. The van der Waals surface area contributed by atoms with Gasteiger partial charge in [-0.3, -0.25) is 9.78 Å². The fraction of sp³-hybridized carbons (Fsp3) is 0.125. The van der Waals surface area contributed by atoms with Gasteiger partial charge in [-0.2, -0.15) is 5.10 Å². The number of nitrogens with zero attached hydrogens (tertiary/aromatic N) is 5. The number of amides is 1. The summed E-state index contributed by atoms with van der Waals surface area (Å²) in [6, 6.07) is 15.3. The minimum absolute atomic E-state index is 0.126. The van der Waals surface area contributed by atoms with Crippen LogP contribution in [-0.2, 0) is 6.54 Å². The van der Waals surface area contributed by atoms with Crippen LogP contribution in [0.25, 0.3) is 11.5 Å². The van der Waals surface area contributed by atoms with Crippen LogP contribution in [-0.4, -0.2) is 36.7 Å². The zero-order chi connectivity index (χ0) is 21.8. The summed E-state index contributed by atoms with van der Waals surface area (Å²) >= 11 is 0. The molecule has 0 aliphatic rings. The van der Waals surface area contributed by atoms with Crippen LogP contribution in [0.3, 0.4) is 0 Å². The first kappa shape index (κ1) is 20.1. The summed E-state index contributed by atoms with van der Waals surface area (Å²) in [7, 11) is 0. The smallest absolute Gasteiger partial charge is 0.260 e. The summed E-state index contributed by atoms with van der Waals surface area (Å²) in [6.07, 6.45) is 10.7. The molecule has 1 amide bonds. The van der Waals surface area contributed by atoms with Gasteiger partial charge in [0, 0.05) is 18.1 Å². The molecule has 0 saturated carbocycles. The number of benzene rings is 1. The lowest BCUT2D eigenvalue weighted by Gasteiger charge is -2.20. The number of hydrogen-bond donors (Lipinski definition) is 0.